The molecule has 1 aromatic carbocycles. The monoisotopic (exact) mass is 301 g/mol. The SMILES string of the molecule is O=C(O)N1CC(N2CCc3cc(CN4CCC4)ccc3C2)C1. The standard InChI is InChI=1S/C17H23N3O2/c21-17(22)20-11-16(12-20)19-7-4-14-8-13(2-3-15(14)10-19)9-18-5-1-6-18/h2-3,8,16H,1,4-7,9-12H2,(H,21,22). The number of benzene rings is 1. The van der Waals surface area contributed by atoms with Gasteiger partial charge in [0.25, 0.3) is 0 Å². The quantitative estimate of drug-likeness (QED) is 0.921. The fourth-order valence-corrected chi connectivity index (χ4v) is 3.68. The lowest BCUT2D eigenvalue weighted by molar-refractivity contribution is 0.0301. The van der Waals surface area contributed by atoms with Gasteiger partial charge in [0.1, 0.15) is 0 Å². The largest absolute Gasteiger partial charge is 0.465 e. The van der Waals surface area contributed by atoms with Crippen LogP contribution < -0.4 is 0 Å². The summed E-state index contributed by atoms with van der Waals surface area (Å²) in [4.78, 5) is 17.3. The normalized spacial score (nSPS) is 22.8. The van der Waals surface area contributed by atoms with E-state index in [2.05, 4.69) is 28.0 Å². The second kappa shape index (κ2) is 5.56. The predicted molar refractivity (Wildman–Crippen MR) is 83.8 cm³/mol. The van der Waals surface area contributed by atoms with Crippen LogP contribution >= 0.6 is 0 Å². The van der Waals surface area contributed by atoms with Crippen LogP contribution in [0.5, 0.6) is 0 Å². The van der Waals surface area contributed by atoms with Crippen LogP contribution in [0.1, 0.15) is 23.1 Å². The maximum Gasteiger partial charge on any atom is 0.407 e. The molecular formula is C17H23N3O2. The highest BCUT2D eigenvalue weighted by atomic mass is 16.4. The molecule has 2 fully saturated rings. The molecule has 0 unspecified atom stereocenters. The van der Waals surface area contributed by atoms with Crippen LogP contribution in [0.15, 0.2) is 18.2 Å². The van der Waals surface area contributed by atoms with Crippen LogP contribution in [0.2, 0.25) is 0 Å². The summed E-state index contributed by atoms with van der Waals surface area (Å²) in [6.45, 7) is 6.93. The van der Waals surface area contributed by atoms with Crippen LogP contribution in [-0.4, -0.2) is 64.7 Å². The van der Waals surface area contributed by atoms with Crippen LogP contribution in [0, 0.1) is 0 Å². The molecule has 2 saturated heterocycles. The molecule has 118 valence electrons. The molecule has 3 heterocycles. The molecule has 0 radical (unpaired) electrons. The second-order valence-corrected chi connectivity index (χ2v) is 6.79. The Labute approximate surface area is 131 Å². The number of likely N-dealkylation sites (tertiary alicyclic amines) is 2. The van der Waals surface area contributed by atoms with E-state index in [0.717, 1.165) is 26.1 Å². The first-order valence-electron chi connectivity index (χ1n) is 8.24. The number of fused-ring (bicyclic) bond motifs is 1. The third-order valence-corrected chi connectivity index (χ3v) is 5.32. The molecule has 1 N–H and O–H groups in total. The summed E-state index contributed by atoms with van der Waals surface area (Å²) in [5.41, 5.74) is 4.35. The van der Waals surface area contributed by atoms with Crippen molar-refractivity contribution in [2.45, 2.75) is 32.0 Å². The minimum atomic E-state index is -0.788. The molecule has 3 aliphatic heterocycles. The van der Waals surface area contributed by atoms with Gasteiger partial charge in [-0.25, -0.2) is 4.79 Å². The zero-order chi connectivity index (χ0) is 15.1. The molecule has 0 spiro atoms. The predicted octanol–water partition coefficient (Wildman–Crippen LogP) is 1.61. The maximum absolute atomic E-state index is 10.9. The number of carboxylic acid groups (broad SMARTS) is 1. The van der Waals surface area contributed by atoms with E-state index >= 15 is 0 Å². The van der Waals surface area contributed by atoms with Crippen molar-refractivity contribution in [2.75, 3.05) is 32.7 Å². The summed E-state index contributed by atoms with van der Waals surface area (Å²) >= 11 is 0. The molecule has 0 saturated carbocycles. The summed E-state index contributed by atoms with van der Waals surface area (Å²) in [6.07, 6.45) is 1.64. The summed E-state index contributed by atoms with van der Waals surface area (Å²) in [7, 11) is 0. The van der Waals surface area contributed by atoms with Crippen molar-refractivity contribution in [1.29, 1.82) is 0 Å². The van der Waals surface area contributed by atoms with Gasteiger partial charge in [0.2, 0.25) is 0 Å². The van der Waals surface area contributed by atoms with Gasteiger partial charge in [0.15, 0.2) is 0 Å². The van der Waals surface area contributed by atoms with Gasteiger partial charge in [0, 0.05) is 38.8 Å². The van der Waals surface area contributed by atoms with E-state index < -0.39 is 6.09 Å². The fraction of sp³-hybridized carbons (Fsp3) is 0.588. The van der Waals surface area contributed by atoms with E-state index in [1.54, 1.807) is 0 Å². The molecule has 22 heavy (non-hydrogen) atoms. The van der Waals surface area contributed by atoms with Crippen LogP contribution in [0.25, 0.3) is 0 Å². The third kappa shape index (κ3) is 2.59. The van der Waals surface area contributed by atoms with Gasteiger partial charge < -0.3 is 10.0 Å². The maximum atomic E-state index is 10.9. The Morgan fingerprint density at radius 2 is 2.00 bits per heavy atom. The van der Waals surface area contributed by atoms with E-state index in [9.17, 15) is 4.79 Å². The van der Waals surface area contributed by atoms with Crippen molar-refractivity contribution < 1.29 is 9.90 Å². The first-order valence-corrected chi connectivity index (χ1v) is 8.24. The van der Waals surface area contributed by atoms with Gasteiger partial charge in [-0.3, -0.25) is 9.80 Å². The molecule has 0 atom stereocenters. The van der Waals surface area contributed by atoms with Crippen LogP contribution in [0.3, 0.4) is 0 Å². The molecule has 0 aromatic heterocycles. The highest BCUT2D eigenvalue weighted by Crippen LogP contribution is 2.26. The van der Waals surface area contributed by atoms with Gasteiger partial charge >= 0.3 is 6.09 Å². The Morgan fingerprint density at radius 3 is 2.68 bits per heavy atom. The second-order valence-electron chi connectivity index (χ2n) is 6.79. The number of hydrogen-bond acceptors (Lipinski definition) is 3. The fourth-order valence-electron chi connectivity index (χ4n) is 3.68. The summed E-state index contributed by atoms with van der Waals surface area (Å²) in [5, 5.41) is 8.94. The van der Waals surface area contributed by atoms with Crippen molar-refractivity contribution in [2.24, 2.45) is 0 Å². The first-order chi connectivity index (χ1) is 10.7. The van der Waals surface area contributed by atoms with E-state index in [1.165, 1.54) is 41.1 Å². The van der Waals surface area contributed by atoms with Crippen molar-refractivity contribution in [1.82, 2.24) is 14.7 Å². The van der Waals surface area contributed by atoms with E-state index in [1.807, 2.05) is 0 Å². The zero-order valence-corrected chi connectivity index (χ0v) is 12.9. The minimum absolute atomic E-state index is 0.407. The molecule has 4 rings (SSSR count). The Bertz CT molecular complexity index is 579. The number of amides is 1. The lowest BCUT2D eigenvalue weighted by Gasteiger charge is -2.45. The summed E-state index contributed by atoms with van der Waals surface area (Å²) in [5.74, 6) is 0. The molecule has 0 bridgehead atoms. The van der Waals surface area contributed by atoms with Crippen molar-refractivity contribution in [3.8, 4) is 0 Å². The average molecular weight is 301 g/mol. The van der Waals surface area contributed by atoms with Crippen molar-refractivity contribution >= 4 is 6.09 Å². The number of nitrogens with zero attached hydrogens (tertiary/aromatic N) is 3. The smallest absolute Gasteiger partial charge is 0.407 e. The van der Waals surface area contributed by atoms with Gasteiger partial charge in [-0.05, 0) is 42.6 Å². The molecule has 5 heteroatoms. The van der Waals surface area contributed by atoms with E-state index in [-0.39, 0.29) is 0 Å². The van der Waals surface area contributed by atoms with Crippen LogP contribution in [0.4, 0.5) is 4.79 Å². The van der Waals surface area contributed by atoms with E-state index in [0.29, 0.717) is 19.1 Å². The molecule has 5 nitrogen and oxygen atoms in total. The topological polar surface area (TPSA) is 47.0 Å². The zero-order valence-electron chi connectivity index (χ0n) is 12.9. The Hall–Kier alpha value is -1.59. The Balaban J connectivity index is 1.38. The Morgan fingerprint density at radius 1 is 1.18 bits per heavy atom. The number of carbonyl (C=O) groups is 1. The summed E-state index contributed by atoms with van der Waals surface area (Å²) in [6, 6.07) is 7.34. The van der Waals surface area contributed by atoms with Crippen molar-refractivity contribution in [3.63, 3.8) is 0 Å². The number of hydrogen-bond donors (Lipinski definition) is 1. The third-order valence-electron chi connectivity index (χ3n) is 5.32. The summed E-state index contributed by atoms with van der Waals surface area (Å²) < 4.78 is 0. The highest BCUT2D eigenvalue weighted by molar-refractivity contribution is 5.66. The molecule has 1 amide bonds. The highest BCUT2D eigenvalue weighted by Gasteiger charge is 2.35. The average Bonchev–Trinajstić information content (AvgIpc) is 2.41. The minimum Gasteiger partial charge on any atom is -0.465 e. The van der Waals surface area contributed by atoms with Gasteiger partial charge in [-0.2, -0.15) is 0 Å². The first kappa shape index (κ1) is 14.0. The lowest BCUT2D eigenvalue weighted by atomic mass is 9.94. The Kier molecular flexibility index (Phi) is 3.54. The van der Waals surface area contributed by atoms with E-state index in [4.69, 9.17) is 5.11 Å². The van der Waals surface area contributed by atoms with Crippen molar-refractivity contribution in [3.05, 3.63) is 34.9 Å². The molecule has 3 aliphatic rings. The molecular weight excluding hydrogens is 278 g/mol. The molecule has 0 aliphatic carbocycles. The van der Waals surface area contributed by atoms with Gasteiger partial charge in [-0.15, -0.1) is 0 Å². The lowest BCUT2D eigenvalue weighted by Crippen LogP contribution is -2.61. The van der Waals surface area contributed by atoms with Crippen LogP contribution in [-0.2, 0) is 19.5 Å². The van der Waals surface area contributed by atoms with Gasteiger partial charge in [0.05, 0.1) is 0 Å². The number of rotatable bonds is 3. The molecule has 1 aromatic rings. The van der Waals surface area contributed by atoms with Gasteiger partial charge in [-0.1, -0.05) is 18.2 Å².